The van der Waals surface area contributed by atoms with E-state index in [9.17, 15) is 10.0 Å². The highest BCUT2D eigenvalue weighted by Crippen LogP contribution is 2.46. The number of hydrogen-bond donors (Lipinski definition) is 5. The maximum absolute atomic E-state index is 11.2. The fourth-order valence-electron chi connectivity index (χ4n) is 3.82. The van der Waals surface area contributed by atoms with Crippen LogP contribution >= 0.6 is 0 Å². The standard InChI is InChI=1S/C15H21N4O7/c1-23-13-14(20)11(17-15(14,16)18-19(21)22)10-9(25-13)7-24-12(26-10)8-5-3-2-4-6-8/h2-6,9-13,17-18,20H,7,16H2,1H3,(H,21,22)/q+1. The van der Waals surface area contributed by atoms with E-state index in [0.717, 1.165) is 5.56 Å². The van der Waals surface area contributed by atoms with Gasteiger partial charge in [0.15, 0.2) is 18.2 Å². The Morgan fingerprint density at radius 2 is 2.12 bits per heavy atom. The van der Waals surface area contributed by atoms with Gasteiger partial charge in [-0.3, -0.25) is 11.1 Å². The minimum Gasteiger partial charge on any atom is -0.378 e. The number of ether oxygens (including phenoxy) is 4. The summed E-state index contributed by atoms with van der Waals surface area (Å²) < 4.78 is 22.7. The lowest BCUT2D eigenvalue weighted by Crippen LogP contribution is -2.99. The smallest absolute Gasteiger partial charge is 0.358 e. The number of nitrogens with two attached hydrogens (primary N) is 1. The molecule has 4 rings (SSSR count). The van der Waals surface area contributed by atoms with Crippen LogP contribution in [0.5, 0.6) is 0 Å². The molecule has 0 aliphatic carbocycles. The number of aliphatic hydroxyl groups is 1. The summed E-state index contributed by atoms with van der Waals surface area (Å²) in [6.45, 7) is 0.219. The van der Waals surface area contributed by atoms with E-state index in [4.69, 9.17) is 29.9 Å². The summed E-state index contributed by atoms with van der Waals surface area (Å²) in [6, 6.07) is 8.61. The topological polar surface area (TPSA) is 148 Å². The third-order valence-electron chi connectivity index (χ3n) is 5.09. The minimum absolute atomic E-state index is 0.219. The molecule has 0 bridgehead atoms. The van der Waals surface area contributed by atoms with Crippen LogP contribution in [0.3, 0.4) is 0 Å². The van der Waals surface area contributed by atoms with E-state index in [2.05, 4.69) is 5.32 Å². The Kier molecular flexibility index (Phi) is 4.11. The number of methoxy groups -OCH3 is 1. The number of nitrogens with one attached hydrogen (secondary N) is 2. The van der Waals surface area contributed by atoms with Gasteiger partial charge in [-0.05, 0) is 0 Å². The van der Waals surface area contributed by atoms with Crippen LogP contribution in [0.4, 0.5) is 0 Å². The lowest BCUT2D eigenvalue weighted by atomic mass is 9.71. The third kappa shape index (κ3) is 2.41. The van der Waals surface area contributed by atoms with Gasteiger partial charge in [0.25, 0.3) is 0 Å². The second-order valence-electron chi connectivity index (χ2n) is 6.56. The Bertz CT molecular complexity index is 694. The van der Waals surface area contributed by atoms with Crippen LogP contribution in [0.15, 0.2) is 30.3 Å². The second-order valence-corrected chi connectivity index (χ2v) is 6.56. The van der Waals surface area contributed by atoms with Crippen molar-refractivity contribution in [2.24, 2.45) is 5.73 Å². The van der Waals surface area contributed by atoms with E-state index in [-0.39, 0.29) is 6.61 Å². The number of nitrogens with zero attached hydrogens (tertiary/aromatic N) is 1. The highest BCUT2D eigenvalue weighted by Gasteiger charge is 2.77. The van der Waals surface area contributed by atoms with E-state index in [0.29, 0.717) is 0 Å². The van der Waals surface area contributed by atoms with Crippen molar-refractivity contribution in [3.63, 3.8) is 0 Å². The predicted molar refractivity (Wildman–Crippen MR) is 83.0 cm³/mol. The van der Waals surface area contributed by atoms with Crippen molar-refractivity contribution in [2.75, 3.05) is 13.7 Å². The first-order chi connectivity index (χ1) is 12.4. The molecule has 7 atom stereocenters. The second kappa shape index (κ2) is 6.09. The molecular weight excluding hydrogens is 348 g/mol. The van der Waals surface area contributed by atoms with Crippen LogP contribution < -0.4 is 16.5 Å². The Balaban J connectivity index is 1.59. The zero-order chi connectivity index (χ0) is 18.5. The Morgan fingerprint density at radius 3 is 2.77 bits per heavy atom. The zero-order valence-electron chi connectivity index (χ0n) is 13.9. The Morgan fingerprint density at radius 1 is 1.38 bits per heavy atom. The summed E-state index contributed by atoms with van der Waals surface area (Å²) in [5.41, 5.74) is 6.94. The highest BCUT2D eigenvalue weighted by molar-refractivity contribution is 5.25. The summed E-state index contributed by atoms with van der Waals surface area (Å²) >= 11 is 0. The number of hydrazine groups is 1. The largest absolute Gasteiger partial charge is 0.378 e. The van der Waals surface area contributed by atoms with Gasteiger partial charge in [0, 0.05) is 12.7 Å². The quantitative estimate of drug-likeness (QED) is 0.312. The SMILES string of the molecule is COC1OC2COC(c3ccccc3)OC2C2NC(N)(N[N+](=O)O)C12O. The molecule has 3 aliphatic heterocycles. The Hall–Kier alpha value is -1.86. The van der Waals surface area contributed by atoms with Crippen molar-refractivity contribution in [3.05, 3.63) is 40.8 Å². The molecule has 3 heterocycles. The zero-order valence-corrected chi connectivity index (χ0v) is 13.9. The molecule has 0 saturated carbocycles. The molecule has 6 N–H and O–H groups in total. The first kappa shape index (κ1) is 17.5. The maximum atomic E-state index is 11.2. The molecule has 11 nitrogen and oxygen atoms in total. The highest BCUT2D eigenvalue weighted by atomic mass is 16.8. The van der Waals surface area contributed by atoms with Crippen molar-refractivity contribution in [2.45, 2.75) is 42.2 Å². The van der Waals surface area contributed by atoms with Gasteiger partial charge in [0.05, 0.1) is 12.6 Å². The van der Waals surface area contributed by atoms with E-state index < -0.39 is 47.2 Å². The van der Waals surface area contributed by atoms with Gasteiger partial charge in [-0.1, -0.05) is 35.8 Å². The molecule has 1 aromatic rings. The molecule has 0 spiro atoms. The molecule has 0 aromatic heterocycles. The molecule has 142 valence electrons. The molecule has 0 radical (unpaired) electrons. The van der Waals surface area contributed by atoms with Crippen LogP contribution in [0.1, 0.15) is 11.9 Å². The van der Waals surface area contributed by atoms with Gasteiger partial charge >= 0.3 is 5.03 Å². The summed E-state index contributed by atoms with van der Waals surface area (Å²) in [6.07, 6.45) is -2.95. The third-order valence-corrected chi connectivity index (χ3v) is 5.09. The van der Waals surface area contributed by atoms with Crippen molar-refractivity contribution in [1.29, 1.82) is 0 Å². The predicted octanol–water partition coefficient (Wildman–Crippen LogP) is -1.54. The number of hydrogen-bond acceptors (Lipinski definition) is 8. The molecule has 7 unspecified atom stereocenters. The molecule has 3 aliphatic rings. The van der Waals surface area contributed by atoms with E-state index in [1.807, 2.05) is 35.8 Å². The van der Waals surface area contributed by atoms with Crippen LogP contribution in [-0.4, -0.2) is 65.0 Å². The summed E-state index contributed by atoms with van der Waals surface area (Å²) in [5, 5.41) is 22.4. The number of benzene rings is 1. The monoisotopic (exact) mass is 369 g/mol. The van der Waals surface area contributed by atoms with Crippen molar-refractivity contribution < 1.29 is 34.3 Å². The van der Waals surface area contributed by atoms with Gasteiger partial charge in [0.2, 0.25) is 5.79 Å². The summed E-state index contributed by atoms with van der Waals surface area (Å²) in [5.74, 6) is -1.87. The van der Waals surface area contributed by atoms with Gasteiger partial charge < -0.3 is 24.1 Å². The number of rotatable bonds is 4. The van der Waals surface area contributed by atoms with Crippen LogP contribution in [0.25, 0.3) is 0 Å². The van der Waals surface area contributed by atoms with Gasteiger partial charge in [-0.25, -0.2) is 5.21 Å². The minimum atomic E-state index is -1.88. The van der Waals surface area contributed by atoms with Crippen molar-refractivity contribution in [1.82, 2.24) is 10.7 Å². The molecule has 3 saturated heterocycles. The molecule has 0 amide bonds. The lowest BCUT2D eigenvalue weighted by Gasteiger charge is -2.64. The maximum Gasteiger partial charge on any atom is 0.358 e. The fraction of sp³-hybridized carbons (Fsp3) is 0.600. The average Bonchev–Trinajstić information content (AvgIpc) is 2.63. The van der Waals surface area contributed by atoms with Gasteiger partial charge in [-0.2, -0.15) is 0 Å². The Labute approximate surface area is 148 Å². The average molecular weight is 369 g/mol. The van der Waals surface area contributed by atoms with Gasteiger partial charge in [-0.15, -0.1) is 0 Å². The fourth-order valence-corrected chi connectivity index (χ4v) is 3.82. The van der Waals surface area contributed by atoms with Crippen LogP contribution in [0.2, 0.25) is 0 Å². The van der Waals surface area contributed by atoms with Crippen molar-refractivity contribution in [3.8, 4) is 0 Å². The molecular formula is C15H21N4O7+. The van der Waals surface area contributed by atoms with E-state index in [1.54, 1.807) is 0 Å². The lowest BCUT2D eigenvalue weighted by molar-refractivity contribution is -0.844. The summed E-state index contributed by atoms with van der Waals surface area (Å²) in [7, 11) is 1.34. The molecule has 11 heteroatoms. The molecule has 3 fully saturated rings. The van der Waals surface area contributed by atoms with E-state index in [1.165, 1.54) is 7.11 Å². The summed E-state index contributed by atoms with van der Waals surface area (Å²) in [4.78, 5) is 11.0. The first-order valence-electron chi connectivity index (χ1n) is 8.12. The normalized spacial score (nSPS) is 44.3. The van der Waals surface area contributed by atoms with Crippen molar-refractivity contribution >= 4 is 0 Å². The molecule has 1 aromatic carbocycles. The number of fused-ring (bicyclic) bond motifs is 3. The first-order valence-corrected chi connectivity index (χ1v) is 8.12. The van der Waals surface area contributed by atoms with Crippen LogP contribution in [0, 0.1) is 4.91 Å². The van der Waals surface area contributed by atoms with Crippen LogP contribution in [-0.2, 0) is 18.9 Å². The molecule has 26 heavy (non-hydrogen) atoms. The van der Waals surface area contributed by atoms with Gasteiger partial charge in [0.1, 0.15) is 17.1 Å². The van der Waals surface area contributed by atoms with E-state index >= 15 is 0 Å².